The highest BCUT2D eigenvalue weighted by Gasteiger charge is 2.41. The molecular weight excluding hydrogens is 260 g/mol. The summed E-state index contributed by atoms with van der Waals surface area (Å²) in [4.78, 5) is 18.0. The van der Waals surface area contributed by atoms with Crippen LogP contribution >= 0.6 is 11.3 Å². The molecule has 4 nitrogen and oxygen atoms in total. The first-order valence-corrected chi connectivity index (χ1v) is 7.70. The van der Waals surface area contributed by atoms with Crippen molar-refractivity contribution in [3.05, 3.63) is 23.5 Å². The van der Waals surface area contributed by atoms with Gasteiger partial charge in [0.1, 0.15) is 5.60 Å². The van der Waals surface area contributed by atoms with Crippen LogP contribution in [0.2, 0.25) is 0 Å². The van der Waals surface area contributed by atoms with E-state index in [9.17, 15) is 4.79 Å². The number of ketones is 1. The van der Waals surface area contributed by atoms with Gasteiger partial charge < -0.3 is 4.74 Å². The van der Waals surface area contributed by atoms with Crippen LogP contribution in [0, 0.1) is 0 Å². The van der Waals surface area contributed by atoms with Crippen LogP contribution in [0.1, 0.15) is 38.3 Å². The SMILES string of the molecule is CCOC1(C(=O)Cc2cn3ccsc3n2)CCCC1. The minimum absolute atomic E-state index is 0.192. The Morgan fingerprint density at radius 2 is 2.32 bits per heavy atom. The minimum atomic E-state index is -0.536. The molecule has 0 aromatic carbocycles. The van der Waals surface area contributed by atoms with Crippen LogP contribution in [-0.2, 0) is 16.0 Å². The number of carbonyl (C=O) groups excluding carboxylic acids is 1. The fraction of sp³-hybridized carbons (Fsp3) is 0.571. The summed E-state index contributed by atoms with van der Waals surface area (Å²) in [5, 5.41) is 1.99. The van der Waals surface area contributed by atoms with Crippen molar-refractivity contribution in [3.8, 4) is 0 Å². The third kappa shape index (κ3) is 2.32. The normalized spacial score (nSPS) is 18.2. The van der Waals surface area contributed by atoms with Crippen LogP contribution in [-0.4, -0.2) is 27.4 Å². The van der Waals surface area contributed by atoms with Crippen LogP contribution < -0.4 is 0 Å². The van der Waals surface area contributed by atoms with E-state index in [4.69, 9.17) is 4.74 Å². The standard InChI is InChI=1S/C14H18N2O2S/c1-2-18-14(5-3-4-6-14)12(17)9-11-10-16-7-8-19-13(16)15-11/h7-8,10H,2-6,9H2,1H3. The van der Waals surface area contributed by atoms with Crippen molar-refractivity contribution in [3.63, 3.8) is 0 Å². The van der Waals surface area contributed by atoms with Gasteiger partial charge in [-0.05, 0) is 32.6 Å². The molecule has 0 radical (unpaired) electrons. The molecule has 19 heavy (non-hydrogen) atoms. The Balaban J connectivity index is 1.77. The highest BCUT2D eigenvalue weighted by atomic mass is 32.1. The molecule has 2 heterocycles. The minimum Gasteiger partial charge on any atom is -0.367 e. The summed E-state index contributed by atoms with van der Waals surface area (Å²) in [5.74, 6) is 0.192. The first kappa shape index (κ1) is 12.8. The van der Waals surface area contributed by atoms with E-state index in [0.717, 1.165) is 36.3 Å². The molecule has 1 aliphatic rings. The molecular formula is C14H18N2O2S. The van der Waals surface area contributed by atoms with E-state index in [-0.39, 0.29) is 5.78 Å². The number of Topliss-reactive ketones (excluding diaryl/α,β-unsaturated/α-hetero) is 1. The Morgan fingerprint density at radius 1 is 1.53 bits per heavy atom. The van der Waals surface area contributed by atoms with Gasteiger partial charge in [0.25, 0.3) is 0 Å². The topological polar surface area (TPSA) is 43.6 Å². The number of rotatable bonds is 5. The van der Waals surface area contributed by atoms with Gasteiger partial charge in [-0.3, -0.25) is 9.20 Å². The molecule has 0 N–H and O–H groups in total. The lowest BCUT2D eigenvalue weighted by atomic mass is 9.93. The smallest absolute Gasteiger partial charge is 0.193 e. The first-order valence-electron chi connectivity index (χ1n) is 6.82. The number of nitrogens with zero attached hydrogens (tertiary/aromatic N) is 2. The molecule has 2 aromatic rings. The van der Waals surface area contributed by atoms with Crippen molar-refractivity contribution in [2.24, 2.45) is 0 Å². The maximum absolute atomic E-state index is 12.6. The largest absolute Gasteiger partial charge is 0.367 e. The summed E-state index contributed by atoms with van der Waals surface area (Å²) in [6.45, 7) is 2.56. The lowest BCUT2D eigenvalue weighted by Crippen LogP contribution is -2.40. The number of imidazole rings is 1. The molecule has 0 aliphatic heterocycles. The van der Waals surface area contributed by atoms with E-state index in [0.29, 0.717) is 13.0 Å². The fourth-order valence-electron chi connectivity index (χ4n) is 2.91. The van der Waals surface area contributed by atoms with Crippen molar-refractivity contribution in [1.82, 2.24) is 9.38 Å². The lowest BCUT2D eigenvalue weighted by molar-refractivity contribution is -0.142. The van der Waals surface area contributed by atoms with Crippen molar-refractivity contribution >= 4 is 22.1 Å². The third-order valence-corrected chi connectivity index (χ3v) is 4.60. The van der Waals surface area contributed by atoms with Crippen LogP contribution in [0.5, 0.6) is 0 Å². The number of hydrogen-bond acceptors (Lipinski definition) is 4. The van der Waals surface area contributed by atoms with Gasteiger partial charge in [0.2, 0.25) is 0 Å². The number of thiazole rings is 1. The molecule has 1 aliphatic carbocycles. The quantitative estimate of drug-likeness (QED) is 0.844. The Labute approximate surface area is 116 Å². The molecule has 5 heteroatoms. The Hall–Kier alpha value is -1.20. The van der Waals surface area contributed by atoms with E-state index in [1.54, 1.807) is 11.3 Å². The van der Waals surface area contributed by atoms with Gasteiger partial charge in [-0.1, -0.05) is 0 Å². The Morgan fingerprint density at radius 3 is 3.00 bits per heavy atom. The van der Waals surface area contributed by atoms with Gasteiger partial charge in [-0.25, -0.2) is 4.98 Å². The van der Waals surface area contributed by atoms with Crippen molar-refractivity contribution in [1.29, 1.82) is 0 Å². The van der Waals surface area contributed by atoms with E-state index in [1.807, 2.05) is 29.1 Å². The lowest BCUT2D eigenvalue weighted by Gasteiger charge is -2.26. The highest BCUT2D eigenvalue weighted by molar-refractivity contribution is 7.15. The molecule has 102 valence electrons. The maximum Gasteiger partial charge on any atom is 0.193 e. The molecule has 3 rings (SSSR count). The molecule has 0 amide bonds. The molecule has 1 saturated carbocycles. The predicted molar refractivity (Wildman–Crippen MR) is 74.6 cm³/mol. The van der Waals surface area contributed by atoms with Crippen molar-refractivity contribution in [2.75, 3.05) is 6.61 Å². The van der Waals surface area contributed by atoms with E-state index in [1.165, 1.54) is 0 Å². The van der Waals surface area contributed by atoms with Gasteiger partial charge in [-0.2, -0.15) is 0 Å². The van der Waals surface area contributed by atoms with E-state index in [2.05, 4.69) is 4.98 Å². The average Bonchev–Trinajstić information content (AvgIpc) is 3.04. The maximum atomic E-state index is 12.6. The predicted octanol–water partition coefficient (Wildman–Crippen LogP) is 2.86. The van der Waals surface area contributed by atoms with E-state index >= 15 is 0 Å². The fourth-order valence-corrected chi connectivity index (χ4v) is 3.63. The number of hydrogen-bond donors (Lipinski definition) is 0. The Kier molecular flexibility index (Phi) is 3.41. The van der Waals surface area contributed by atoms with Gasteiger partial charge >= 0.3 is 0 Å². The highest BCUT2D eigenvalue weighted by Crippen LogP contribution is 2.35. The summed E-state index contributed by atoms with van der Waals surface area (Å²) >= 11 is 1.59. The monoisotopic (exact) mass is 278 g/mol. The molecule has 0 saturated heterocycles. The summed E-state index contributed by atoms with van der Waals surface area (Å²) in [6, 6.07) is 0. The Bertz CT molecular complexity index is 553. The van der Waals surface area contributed by atoms with Gasteiger partial charge in [0, 0.05) is 24.4 Å². The van der Waals surface area contributed by atoms with E-state index < -0.39 is 5.60 Å². The number of ether oxygens (including phenoxy) is 1. The second-order valence-corrected chi connectivity index (χ2v) is 5.93. The third-order valence-electron chi connectivity index (χ3n) is 3.82. The van der Waals surface area contributed by atoms with Crippen LogP contribution in [0.25, 0.3) is 4.96 Å². The van der Waals surface area contributed by atoms with Gasteiger partial charge in [0.15, 0.2) is 10.7 Å². The number of carbonyl (C=O) groups is 1. The molecule has 1 fully saturated rings. The molecule has 0 unspecified atom stereocenters. The number of aromatic nitrogens is 2. The van der Waals surface area contributed by atoms with Crippen LogP contribution in [0.3, 0.4) is 0 Å². The second-order valence-electron chi connectivity index (χ2n) is 5.06. The first-order chi connectivity index (χ1) is 9.23. The average molecular weight is 278 g/mol. The molecule has 0 atom stereocenters. The van der Waals surface area contributed by atoms with Crippen LogP contribution in [0.15, 0.2) is 17.8 Å². The van der Waals surface area contributed by atoms with Gasteiger partial charge in [-0.15, -0.1) is 11.3 Å². The summed E-state index contributed by atoms with van der Waals surface area (Å²) in [6.07, 6.45) is 8.19. The zero-order valence-corrected chi connectivity index (χ0v) is 11.9. The van der Waals surface area contributed by atoms with Crippen LogP contribution in [0.4, 0.5) is 0 Å². The summed E-state index contributed by atoms with van der Waals surface area (Å²) in [7, 11) is 0. The summed E-state index contributed by atoms with van der Waals surface area (Å²) < 4.78 is 7.77. The second kappa shape index (κ2) is 5.06. The zero-order valence-electron chi connectivity index (χ0n) is 11.1. The van der Waals surface area contributed by atoms with Gasteiger partial charge in [0.05, 0.1) is 12.1 Å². The van der Waals surface area contributed by atoms with Crippen molar-refractivity contribution in [2.45, 2.75) is 44.6 Å². The number of fused-ring (bicyclic) bond motifs is 1. The molecule has 2 aromatic heterocycles. The molecule has 0 bridgehead atoms. The van der Waals surface area contributed by atoms with Crippen molar-refractivity contribution < 1.29 is 9.53 Å². The molecule has 0 spiro atoms. The zero-order chi connectivity index (χ0) is 13.3. The summed E-state index contributed by atoms with van der Waals surface area (Å²) in [5.41, 5.74) is 0.314.